The minimum absolute atomic E-state index is 0.0181. The van der Waals surface area contributed by atoms with Gasteiger partial charge in [0, 0.05) is 0 Å². The molecule has 1 saturated heterocycles. The van der Waals surface area contributed by atoms with Crippen molar-refractivity contribution in [3.63, 3.8) is 0 Å². The van der Waals surface area contributed by atoms with Crippen LogP contribution in [0.25, 0.3) is 0 Å². The van der Waals surface area contributed by atoms with Crippen molar-refractivity contribution >= 4 is 18.5 Å². The lowest BCUT2D eigenvalue weighted by Crippen LogP contribution is -2.41. The molecule has 0 bridgehead atoms. The van der Waals surface area contributed by atoms with Crippen molar-refractivity contribution in [1.82, 2.24) is 5.32 Å². The van der Waals surface area contributed by atoms with Gasteiger partial charge in [0.15, 0.2) is 0 Å². The number of benzene rings is 1. The first kappa shape index (κ1) is 16.3. The fourth-order valence-corrected chi connectivity index (χ4v) is 2.78. The van der Waals surface area contributed by atoms with E-state index in [4.69, 9.17) is 14.0 Å². The minimum atomic E-state index is -0.487. The maximum Gasteiger partial charge on any atom is 0.495 e. The second-order valence-corrected chi connectivity index (χ2v) is 7.48. The predicted molar refractivity (Wildman–Crippen MR) is 89.3 cm³/mol. The molecular weight excluding hydrogens is 293 g/mol. The molecule has 1 amide bonds. The van der Waals surface area contributed by atoms with Gasteiger partial charge in [-0.3, -0.25) is 4.79 Å². The van der Waals surface area contributed by atoms with Crippen LogP contribution in [0.15, 0.2) is 12.1 Å². The van der Waals surface area contributed by atoms with E-state index in [2.05, 4.69) is 5.32 Å². The zero-order valence-corrected chi connectivity index (χ0v) is 14.6. The molecule has 0 saturated carbocycles. The van der Waals surface area contributed by atoms with Gasteiger partial charge in [0.25, 0.3) is 5.91 Å². The van der Waals surface area contributed by atoms with E-state index in [9.17, 15) is 4.79 Å². The summed E-state index contributed by atoms with van der Waals surface area (Å²) in [4.78, 5) is 12.4. The summed E-state index contributed by atoms with van der Waals surface area (Å²) < 4.78 is 18.0. The number of rotatable bonds is 1. The van der Waals surface area contributed by atoms with Crippen molar-refractivity contribution in [3.05, 3.63) is 23.3 Å². The van der Waals surface area contributed by atoms with Gasteiger partial charge >= 0.3 is 7.12 Å². The molecule has 2 heterocycles. The summed E-state index contributed by atoms with van der Waals surface area (Å²) in [5.74, 6) is 0.493. The summed E-state index contributed by atoms with van der Waals surface area (Å²) in [6.45, 7) is 12.4. The van der Waals surface area contributed by atoms with Gasteiger partial charge < -0.3 is 19.4 Å². The number of amides is 1. The van der Waals surface area contributed by atoms with Crippen LogP contribution in [-0.4, -0.2) is 36.9 Å². The third-order valence-electron chi connectivity index (χ3n) is 4.99. The van der Waals surface area contributed by atoms with E-state index in [-0.39, 0.29) is 11.9 Å². The zero-order chi connectivity index (χ0) is 17.0. The normalized spacial score (nSPS) is 25.4. The Kier molecular flexibility index (Phi) is 3.73. The summed E-state index contributed by atoms with van der Waals surface area (Å²) in [5, 5.41) is 2.92. The second kappa shape index (κ2) is 5.25. The van der Waals surface area contributed by atoms with E-state index in [0.29, 0.717) is 17.9 Å². The number of carbonyl (C=O) groups excluding carboxylic acids is 1. The molecule has 0 spiro atoms. The van der Waals surface area contributed by atoms with Crippen LogP contribution in [0.2, 0.25) is 0 Å². The van der Waals surface area contributed by atoms with Gasteiger partial charge in [-0.05, 0) is 64.7 Å². The molecule has 124 valence electrons. The standard InChI is InChI=1S/C17H24BNO4/c1-10-7-14-12(15(20)19-11(2)9-21-14)8-13(10)18-22-16(3,4)17(5,6)23-18/h7-8,11H,9H2,1-6H3,(H,19,20)/t11-/m0/s1. The number of nitrogens with one attached hydrogen (secondary N) is 1. The van der Waals surface area contributed by atoms with Gasteiger partial charge in [0.05, 0.1) is 22.8 Å². The molecule has 0 aromatic heterocycles. The number of ether oxygens (including phenoxy) is 1. The van der Waals surface area contributed by atoms with Crippen LogP contribution in [0, 0.1) is 6.92 Å². The third kappa shape index (κ3) is 2.74. The highest BCUT2D eigenvalue weighted by molar-refractivity contribution is 6.62. The fraction of sp³-hybridized carbons (Fsp3) is 0.588. The highest BCUT2D eigenvalue weighted by Gasteiger charge is 2.52. The molecule has 3 rings (SSSR count). The molecule has 1 aromatic rings. The third-order valence-corrected chi connectivity index (χ3v) is 4.99. The van der Waals surface area contributed by atoms with Gasteiger partial charge in [-0.2, -0.15) is 0 Å². The lowest BCUT2D eigenvalue weighted by Gasteiger charge is -2.32. The fourth-order valence-electron chi connectivity index (χ4n) is 2.78. The first-order chi connectivity index (χ1) is 10.6. The van der Waals surface area contributed by atoms with E-state index >= 15 is 0 Å². The van der Waals surface area contributed by atoms with Crippen molar-refractivity contribution in [2.45, 2.75) is 58.8 Å². The molecule has 0 aliphatic carbocycles. The first-order valence-corrected chi connectivity index (χ1v) is 8.04. The topological polar surface area (TPSA) is 56.8 Å². The van der Waals surface area contributed by atoms with E-state index in [1.807, 2.05) is 53.7 Å². The van der Waals surface area contributed by atoms with Crippen LogP contribution >= 0.6 is 0 Å². The van der Waals surface area contributed by atoms with Crippen LogP contribution in [0.4, 0.5) is 0 Å². The van der Waals surface area contributed by atoms with Crippen LogP contribution < -0.4 is 15.5 Å². The summed E-state index contributed by atoms with van der Waals surface area (Å²) in [6, 6.07) is 3.71. The van der Waals surface area contributed by atoms with Crippen molar-refractivity contribution in [2.24, 2.45) is 0 Å². The Morgan fingerprint density at radius 3 is 2.39 bits per heavy atom. The van der Waals surface area contributed by atoms with Crippen LogP contribution in [0.1, 0.15) is 50.5 Å². The summed E-state index contributed by atoms with van der Waals surface area (Å²) >= 11 is 0. The number of aryl methyl sites for hydroxylation is 1. The van der Waals surface area contributed by atoms with Crippen molar-refractivity contribution in [3.8, 4) is 5.75 Å². The molecule has 2 aliphatic rings. The van der Waals surface area contributed by atoms with Gasteiger partial charge in [-0.25, -0.2) is 0 Å². The lowest BCUT2D eigenvalue weighted by molar-refractivity contribution is 0.00578. The van der Waals surface area contributed by atoms with Gasteiger partial charge in [0.1, 0.15) is 12.4 Å². The van der Waals surface area contributed by atoms with Crippen LogP contribution in [0.5, 0.6) is 5.75 Å². The van der Waals surface area contributed by atoms with E-state index in [1.54, 1.807) is 0 Å². The Hall–Kier alpha value is -1.53. The highest BCUT2D eigenvalue weighted by atomic mass is 16.7. The van der Waals surface area contributed by atoms with Gasteiger partial charge in [-0.1, -0.05) is 0 Å². The molecule has 1 atom stereocenters. The van der Waals surface area contributed by atoms with Crippen molar-refractivity contribution in [1.29, 1.82) is 0 Å². The first-order valence-electron chi connectivity index (χ1n) is 8.04. The number of hydrogen-bond donors (Lipinski definition) is 1. The SMILES string of the molecule is Cc1cc2c(cc1B1OC(C)(C)C(C)(C)O1)C(=O)N[C@@H](C)CO2. The maximum absolute atomic E-state index is 12.4. The quantitative estimate of drug-likeness (QED) is 0.803. The molecule has 1 fully saturated rings. The largest absolute Gasteiger partial charge is 0.495 e. The summed E-state index contributed by atoms with van der Waals surface area (Å²) in [6.07, 6.45) is 0. The minimum Gasteiger partial charge on any atom is -0.491 e. The molecule has 1 aromatic carbocycles. The Balaban J connectivity index is 2.00. The lowest BCUT2D eigenvalue weighted by atomic mass is 9.75. The molecule has 5 nitrogen and oxygen atoms in total. The number of fused-ring (bicyclic) bond motifs is 1. The molecule has 2 aliphatic heterocycles. The molecule has 1 N–H and O–H groups in total. The molecular formula is C17H24BNO4. The highest BCUT2D eigenvalue weighted by Crippen LogP contribution is 2.37. The summed E-state index contributed by atoms with van der Waals surface area (Å²) in [5.41, 5.74) is 1.57. The number of hydrogen-bond acceptors (Lipinski definition) is 4. The van der Waals surface area contributed by atoms with Gasteiger partial charge in [0.2, 0.25) is 0 Å². The average molecular weight is 317 g/mol. The second-order valence-electron chi connectivity index (χ2n) is 7.48. The Labute approximate surface area is 137 Å². The smallest absolute Gasteiger partial charge is 0.491 e. The van der Waals surface area contributed by atoms with Gasteiger partial charge in [-0.15, -0.1) is 0 Å². The van der Waals surface area contributed by atoms with E-state index < -0.39 is 18.3 Å². The van der Waals surface area contributed by atoms with Crippen LogP contribution in [0.3, 0.4) is 0 Å². The Morgan fingerprint density at radius 2 is 1.78 bits per heavy atom. The Morgan fingerprint density at radius 1 is 1.17 bits per heavy atom. The average Bonchev–Trinajstić information content (AvgIpc) is 2.55. The van der Waals surface area contributed by atoms with E-state index in [0.717, 1.165) is 11.0 Å². The summed E-state index contributed by atoms with van der Waals surface area (Å²) in [7, 11) is -0.487. The predicted octanol–water partition coefficient (Wildman–Crippen LogP) is 1.80. The molecule has 23 heavy (non-hydrogen) atoms. The molecule has 6 heteroatoms. The van der Waals surface area contributed by atoms with Crippen molar-refractivity contribution < 1.29 is 18.8 Å². The zero-order valence-electron chi connectivity index (χ0n) is 14.6. The van der Waals surface area contributed by atoms with E-state index in [1.165, 1.54) is 0 Å². The number of carbonyl (C=O) groups is 1. The Bertz CT molecular complexity index is 640. The monoisotopic (exact) mass is 317 g/mol. The molecule has 0 radical (unpaired) electrons. The maximum atomic E-state index is 12.4. The van der Waals surface area contributed by atoms with Crippen molar-refractivity contribution in [2.75, 3.05) is 6.61 Å². The molecule has 0 unspecified atom stereocenters. The van der Waals surface area contributed by atoms with Crippen LogP contribution in [-0.2, 0) is 9.31 Å².